The van der Waals surface area contributed by atoms with E-state index in [4.69, 9.17) is 16.3 Å². The van der Waals surface area contributed by atoms with Gasteiger partial charge in [0.1, 0.15) is 5.75 Å². The van der Waals surface area contributed by atoms with Crippen molar-refractivity contribution in [1.82, 2.24) is 10.6 Å². The number of nitrogens with one attached hydrogen (secondary N) is 2. The summed E-state index contributed by atoms with van der Waals surface area (Å²) in [5.74, 6) is 0.298. The molecule has 1 saturated heterocycles. The van der Waals surface area contributed by atoms with Crippen LogP contribution in [-0.2, 0) is 0 Å². The van der Waals surface area contributed by atoms with E-state index in [2.05, 4.69) is 10.6 Å². The molecule has 116 valence electrons. The van der Waals surface area contributed by atoms with Gasteiger partial charge in [-0.15, -0.1) is 0 Å². The minimum absolute atomic E-state index is 0.0291. The van der Waals surface area contributed by atoms with E-state index < -0.39 is 6.10 Å². The fraction of sp³-hybridized carbons (Fsp3) is 0.533. The van der Waals surface area contributed by atoms with E-state index in [9.17, 15) is 9.90 Å². The van der Waals surface area contributed by atoms with Crippen LogP contribution in [0, 0.1) is 5.92 Å². The van der Waals surface area contributed by atoms with Crippen molar-refractivity contribution in [2.45, 2.75) is 26.1 Å². The van der Waals surface area contributed by atoms with E-state index in [1.165, 1.54) is 0 Å². The number of carbonyl (C=O) groups excluding carboxylic acids is 1. The third kappa shape index (κ3) is 4.33. The van der Waals surface area contributed by atoms with Crippen molar-refractivity contribution in [3.8, 4) is 5.75 Å². The molecule has 6 heteroatoms. The van der Waals surface area contributed by atoms with Gasteiger partial charge in [0.05, 0.1) is 17.8 Å². The van der Waals surface area contributed by atoms with E-state index in [0.29, 0.717) is 36.0 Å². The van der Waals surface area contributed by atoms with Crippen molar-refractivity contribution in [2.75, 3.05) is 19.6 Å². The van der Waals surface area contributed by atoms with Crippen molar-refractivity contribution in [3.63, 3.8) is 0 Å². The van der Waals surface area contributed by atoms with Crippen LogP contribution in [-0.4, -0.2) is 42.9 Å². The molecule has 0 saturated carbocycles. The fourth-order valence-electron chi connectivity index (χ4n) is 2.28. The number of halogens is 1. The summed E-state index contributed by atoms with van der Waals surface area (Å²) in [6.07, 6.45) is -0.449. The topological polar surface area (TPSA) is 70.6 Å². The Morgan fingerprint density at radius 1 is 1.52 bits per heavy atom. The van der Waals surface area contributed by atoms with Crippen molar-refractivity contribution in [1.29, 1.82) is 0 Å². The Labute approximate surface area is 129 Å². The number of hydrogen-bond donors (Lipinski definition) is 3. The lowest BCUT2D eigenvalue weighted by molar-refractivity contribution is 0.0921. The molecule has 2 atom stereocenters. The van der Waals surface area contributed by atoms with Crippen LogP contribution in [0.25, 0.3) is 0 Å². The molecule has 1 heterocycles. The summed E-state index contributed by atoms with van der Waals surface area (Å²) in [6.45, 7) is 5.49. The average Bonchev–Trinajstić information content (AvgIpc) is 2.83. The molecule has 3 N–H and O–H groups in total. The highest BCUT2D eigenvalue weighted by Gasteiger charge is 2.25. The van der Waals surface area contributed by atoms with Gasteiger partial charge >= 0.3 is 0 Å². The second-order valence-electron chi connectivity index (χ2n) is 5.50. The Morgan fingerprint density at radius 2 is 2.29 bits per heavy atom. The maximum Gasteiger partial charge on any atom is 0.255 e. The average molecular weight is 313 g/mol. The third-order valence-corrected chi connectivity index (χ3v) is 3.61. The van der Waals surface area contributed by atoms with Gasteiger partial charge < -0.3 is 20.5 Å². The van der Waals surface area contributed by atoms with E-state index in [0.717, 1.165) is 0 Å². The quantitative estimate of drug-likeness (QED) is 0.769. The van der Waals surface area contributed by atoms with Gasteiger partial charge in [-0.05, 0) is 32.0 Å². The maximum atomic E-state index is 12.3. The lowest BCUT2D eigenvalue weighted by atomic mass is 10.1. The minimum Gasteiger partial charge on any atom is -0.490 e. The van der Waals surface area contributed by atoms with Crippen LogP contribution in [0.3, 0.4) is 0 Å². The molecule has 1 aliphatic heterocycles. The molecule has 0 bridgehead atoms. The fourth-order valence-corrected chi connectivity index (χ4v) is 2.45. The van der Waals surface area contributed by atoms with Crippen LogP contribution < -0.4 is 15.4 Å². The van der Waals surface area contributed by atoms with Gasteiger partial charge in [-0.2, -0.15) is 0 Å². The summed E-state index contributed by atoms with van der Waals surface area (Å²) in [5, 5.41) is 16.1. The normalized spacial score (nSPS) is 21.6. The molecule has 0 radical (unpaired) electrons. The number of aliphatic hydroxyl groups excluding tert-OH is 1. The Hall–Kier alpha value is -1.30. The molecule has 2 unspecified atom stereocenters. The van der Waals surface area contributed by atoms with Gasteiger partial charge in [-0.25, -0.2) is 0 Å². The van der Waals surface area contributed by atoms with Gasteiger partial charge in [0.2, 0.25) is 0 Å². The third-order valence-electron chi connectivity index (χ3n) is 3.38. The van der Waals surface area contributed by atoms with Crippen molar-refractivity contribution in [2.24, 2.45) is 5.92 Å². The second-order valence-corrected chi connectivity index (χ2v) is 5.94. The zero-order valence-electron chi connectivity index (χ0n) is 12.2. The summed E-state index contributed by atoms with van der Waals surface area (Å²) in [5.41, 5.74) is 0.414. The summed E-state index contributed by atoms with van der Waals surface area (Å²) in [6, 6.07) is 4.99. The van der Waals surface area contributed by atoms with Crippen LogP contribution >= 0.6 is 11.6 Å². The molecular formula is C15H21ClN2O3. The lowest BCUT2D eigenvalue weighted by Crippen LogP contribution is -2.34. The van der Waals surface area contributed by atoms with Crippen LogP contribution in [0.5, 0.6) is 5.75 Å². The summed E-state index contributed by atoms with van der Waals surface area (Å²) >= 11 is 5.96. The Morgan fingerprint density at radius 3 is 2.90 bits per heavy atom. The predicted molar refractivity (Wildman–Crippen MR) is 81.9 cm³/mol. The Kier molecular flexibility index (Phi) is 5.45. The van der Waals surface area contributed by atoms with Crippen LogP contribution in [0.1, 0.15) is 24.2 Å². The molecule has 0 aromatic heterocycles. The molecule has 5 nitrogen and oxygen atoms in total. The second kappa shape index (κ2) is 7.11. The number of carbonyl (C=O) groups is 1. The minimum atomic E-state index is -0.420. The number of amides is 1. The van der Waals surface area contributed by atoms with Crippen LogP contribution in [0.2, 0.25) is 5.02 Å². The highest BCUT2D eigenvalue weighted by molar-refractivity contribution is 6.31. The molecule has 1 aromatic carbocycles. The van der Waals surface area contributed by atoms with E-state index in [1.807, 2.05) is 13.8 Å². The van der Waals surface area contributed by atoms with Gasteiger partial charge in [0.15, 0.2) is 0 Å². The zero-order valence-corrected chi connectivity index (χ0v) is 13.0. The Balaban J connectivity index is 2.05. The summed E-state index contributed by atoms with van der Waals surface area (Å²) < 4.78 is 5.63. The monoisotopic (exact) mass is 312 g/mol. The van der Waals surface area contributed by atoms with Crippen molar-refractivity contribution in [3.05, 3.63) is 28.8 Å². The predicted octanol–water partition coefficient (Wildman–Crippen LogP) is 1.44. The Bertz CT molecular complexity index is 508. The first-order valence-corrected chi connectivity index (χ1v) is 7.48. The molecule has 0 spiro atoms. The van der Waals surface area contributed by atoms with E-state index in [1.54, 1.807) is 18.2 Å². The van der Waals surface area contributed by atoms with Gasteiger partial charge in [-0.1, -0.05) is 11.6 Å². The summed E-state index contributed by atoms with van der Waals surface area (Å²) in [4.78, 5) is 12.3. The molecule has 1 aliphatic rings. The highest BCUT2D eigenvalue weighted by atomic mass is 35.5. The SMILES string of the molecule is CC(C)Oc1ccc(Cl)cc1C(=O)NCC1CNCC1O. The molecule has 1 amide bonds. The number of aliphatic hydroxyl groups is 1. The zero-order chi connectivity index (χ0) is 15.4. The van der Waals surface area contributed by atoms with Gasteiger partial charge in [-0.3, -0.25) is 4.79 Å². The molecular weight excluding hydrogens is 292 g/mol. The van der Waals surface area contributed by atoms with Crippen LogP contribution in [0.4, 0.5) is 0 Å². The van der Waals surface area contributed by atoms with Crippen LogP contribution in [0.15, 0.2) is 18.2 Å². The van der Waals surface area contributed by atoms with Crippen molar-refractivity contribution >= 4 is 17.5 Å². The largest absolute Gasteiger partial charge is 0.490 e. The van der Waals surface area contributed by atoms with E-state index in [-0.39, 0.29) is 17.9 Å². The molecule has 1 aromatic rings. The number of hydrogen-bond acceptors (Lipinski definition) is 4. The first kappa shape index (κ1) is 16.1. The molecule has 2 rings (SSSR count). The molecule has 0 aliphatic carbocycles. The van der Waals surface area contributed by atoms with E-state index >= 15 is 0 Å². The number of β-amino-alcohol motifs (C(OH)–C–C–N with tert-alkyl or cyclic N) is 1. The molecule has 1 fully saturated rings. The first-order chi connectivity index (χ1) is 9.97. The summed E-state index contributed by atoms with van der Waals surface area (Å²) in [7, 11) is 0. The highest BCUT2D eigenvalue weighted by Crippen LogP contribution is 2.24. The smallest absolute Gasteiger partial charge is 0.255 e. The van der Waals surface area contributed by atoms with Gasteiger partial charge in [0, 0.05) is 30.6 Å². The number of benzene rings is 1. The van der Waals surface area contributed by atoms with Gasteiger partial charge in [0.25, 0.3) is 5.91 Å². The number of ether oxygens (including phenoxy) is 1. The first-order valence-electron chi connectivity index (χ1n) is 7.10. The maximum absolute atomic E-state index is 12.3. The standard InChI is InChI=1S/C15H21ClN2O3/c1-9(2)21-14-4-3-11(16)5-12(14)15(20)18-7-10-6-17-8-13(10)19/h3-5,9-10,13,17,19H,6-8H2,1-2H3,(H,18,20). The number of rotatable bonds is 5. The molecule has 21 heavy (non-hydrogen) atoms. The lowest BCUT2D eigenvalue weighted by Gasteiger charge is -2.17. The van der Waals surface area contributed by atoms with Crippen molar-refractivity contribution < 1.29 is 14.6 Å².